The SMILES string of the molecule is CCC1CCC2(CC1)NC(=O)N(Cc1nc(N)nc(Nc3ccc(F)cc3)n1)C2=O. The number of aromatic nitrogens is 3. The van der Waals surface area contributed by atoms with E-state index >= 15 is 0 Å². The monoisotopic (exact) mass is 413 g/mol. The van der Waals surface area contributed by atoms with Gasteiger partial charge in [0.05, 0.1) is 6.54 Å². The third-order valence-electron chi connectivity index (χ3n) is 5.88. The first-order chi connectivity index (χ1) is 14.4. The fourth-order valence-corrected chi connectivity index (χ4v) is 4.11. The smallest absolute Gasteiger partial charge is 0.325 e. The standard InChI is InChI=1S/C20H24FN7O2/c1-2-12-7-9-20(10-8-12)16(29)28(19(30)27-20)11-15-24-17(22)26-18(25-15)23-14-5-3-13(21)4-6-14/h3-6,12H,2,7-11H2,1H3,(H,27,30)(H3,22,23,24,25,26). The lowest BCUT2D eigenvalue weighted by Gasteiger charge is -2.34. The van der Waals surface area contributed by atoms with Crippen molar-refractivity contribution in [3.8, 4) is 0 Å². The maximum absolute atomic E-state index is 13.1. The van der Waals surface area contributed by atoms with Crippen LogP contribution in [0.4, 0.5) is 26.8 Å². The molecule has 1 saturated carbocycles. The summed E-state index contributed by atoms with van der Waals surface area (Å²) in [4.78, 5) is 39.1. The number of halogens is 1. The van der Waals surface area contributed by atoms with Crippen LogP contribution in [0.5, 0.6) is 0 Å². The Labute approximate surface area is 173 Å². The van der Waals surface area contributed by atoms with Crippen LogP contribution in [-0.4, -0.2) is 37.3 Å². The maximum atomic E-state index is 13.1. The molecule has 9 nitrogen and oxygen atoms in total. The van der Waals surface area contributed by atoms with E-state index < -0.39 is 11.6 Å². The van der Waals surface area contributed by atoms with E-state index in [0.717, 1.165) is 24.2 Å². The van der Waals surface area contributed by atoms with Crippen molar-refractivity contribution in [2.75, 3.05) is 11.1 Å². The molecule has 158 valence electrons. The summed E-state index contributed by atoms with van der Waals surface area (Å²) in [6, 6.07) is 5.22. The summed E-state index contributed by atoms with van der Waals surface area (Å²) in [7, 11) is 0. The second kappa shape index (κ2) is 7.85. The molecule has 0 atom stereocenters. The third kappa shape index (κ3) is 3.89. The zero-order valence-corrected chi connectivity index (χ0v) is 16.7. The van der Waals surface area contributed by atoms with Crippen molar-refractivity contribution in [3.63, 3.8) is 0 Å². The third-order valence-corrected chi connectivity index (χ3v) is 5.88. The summed E-state index contributed by atoms with van der Waals surface area (Å²) in [6.07, 6.45) is 4.20. The molecule has 1 saturated heterocycles. The molecule has 1 spiro atoms. The molecule has 0 radical (unpaired) electrons. The summed E-state index contributed by atoms with van der Waals surface area (Å²) >= 11 is 0. The number of nitrogens with one attached hydrogen (secondary N) is 2. The van der Waals surface area contributed by atoms with Crippen molar-refractivity contribution in [3.05, 3.63) is 35.9 Å². The topological polar surface area (TPSA) is 126 Å². The fraction of sp³-hybridized carbons (Fsp3) is 0.450. The van der Waals surface area contributed by atoms with E-state index in [1.54, 1.807) is 0 Å². The van der Waals surface area contributed by atoms with Gasteiger partial charge in [-0.25, -0.2) is 9.18 Å². The molecule has 4 N–H and O–H groups in total. The van der Waals surface area contributed by atoms with Crippen LogP contribution in [0.2, 0.25) is 0 Å². The molecule has 0 unspecified atom stereocenters. The molecule has 2 heterocycles. The maximum Gasteiger partial charge on any atom is 0.325 e. The van der Waals surface area contributed by atoms with E-state index in [1.165, 1.54) is 24.3 Å². The van der Waals surface area contributed by atoms with Crippen LogP contribution in [0.15, 0.2) is 24.3 Å². The minimum atomic E-state index is -0.823. The Kier molecular flexibility index (Phi) is 5.23. The molecule has 2 fully saturated rings. The minimum Gasteiger partial charge on any atom is -0.368 e. The number of carbonyl (C=O) groups is 2. The van der Waals surface area contributed by atoms with Gasteiger partial charge in [-0.15, -0.1) is 0 Å². The lowest BCUT2D eigenvalue weighted by molar-refractivity contribution is -0.133. The van der Waals surface area contributed by atoms with Crippen molar-refractivity contribution in [2.45, 2.75) is 51.1 Å². The van der Waals surface area contributed by atoms with Gasteiger partial charge in [0, 0.05) is 5.69 Å². The number of rotatable bonds is 5. The van der Waals surface area contributed by atoms with Gasteiger partial charge in [0.25, 0.3) is 5.91 Å². The summed E-state index contributed by atoms with van der Waals surface area (Å²) in [5.74, 6) is 0.280. The molecule has 10 heteroatoms. The zero-order valence-electron chi connectivity index (χ0n) is 16.7. The molecule has 2 aromatic rings. The lowest BCUT2D eigenvalue weighted by Crippen LogP contribution is -2.49. The number of imide groups is 1. The van der Waals surface area contributed by atoms with E-state index in [0.29, 0.717) is 24.4 Å². The second-order valence-corrected chi connectivity index (χ2v) is 7.82. The van der Waals surface area contributed by atoms with Gasteiger partial charge in [-0.3, -0.25) is 9.69 Å². The zero-order chi connectivity index (χ0) is 21.3. The Hall–Kier alpha value is -3.30. The molecule has 2 aliphatic rings. The van der Waals surface area contributed by atoms with Crippen molar-refractivity contribution in [2.24, 2.45) is 5.92 Å². The highest BCUT2D eigenvalue weighted by Crippen LogP contribution is 2.37. The fourth-order valence-electron chi connectivity index (χ4n) is 4.11. The minimum absolute atomic E-state index is 0.0465. The molecule has 0 bridgehead atoms. The predicted molar refractivity (Wildman–Crippen MR) is 108 cm³/mol. The van der Waals surface area contributed by atoms with Crippen molar-refractivity contribution in [1.29, 1.82) is 0 Å². The van der Waals surface area contributed by atoms with Crippen LogP contribution in [0.1, 0.15) is 44.9 Å². The van der Waals surface area contributed by atoms with Crippen LogP contribution in [0.25, 0.3) is 0 Å². The number of benzene rings is 1. The van der Waals surface area contributed by atoms with Gasteiger partial charge >= 0.3 is 6.03 Å². The van der Waals surface area contributed by atoms with Gasteiger partial charge in [-0.2, -0.15) is 15.0 Å². The Balaban J connectivity index is 1.50. The Bertz CT molecular complexity index is 958. The van der Waals surface area contributed by atoms with E-state index in [1.807, 2.05) is 0 Å². The molecular formula is C20H24FN7O2. The largest absolute Gasteiger partial charge is 0.368 e. The lowest BCUT2D eigenvalue weighted by atomic mass is 9.75. The first-order valence-electron chi connectivity index (χ1n) is 10.1. The average molecular weight is 413 g/mol. The summed E-state index contributed by atoms with van der Waals surface area (Å²) in [6.45, 7) is 2.04. The van der Waals surface area contributed by atoms with E-state index in [9.17, 15) is 14.0 Å². The molecule has 1 aromatic heterocycles. The molecular weight excluding hydrogens is 389 g/mol. The number of nitrogens with zero attached hydrogens (tertiary/aromatic N) is 4. The molecule has 30 heavy (non-hydrogen) atoms. The summed E-state index contributed by atoms with van der Waals surface area (Å²) in [5.41, 5.74) is 5.52. The molecule has 1 aliphatic carbocycles. The van der Waals surface area contributed by atoms with Crippen LogP contribution in [-0.2, 0) is 11.3 Å². The number of hydrogen-bond acceptors (Lipinski definition) is 7. The summed E-state index contributed by atoms with van der Waals surface area (Å²) in [5, 5.41) is 5.81. The highest BCUT2D eigenvalue weighted by molar-refractivity contribution is 6.07. The van der Waals surface area contributed by atoms with Crippen molar-refractivity contribution in [1.82, 2.24) is 25.2 Å². The van der Waals surface area contributed by atoms with Crippen LogP contribution >= 0.6 is 0 Å². The highest BCUT2D eigenvalue weighted by Gasteiger charge is 2.52. The normalized spacial score (nSPS) is 23.7. The molecule has 1 aliphatic heterocycles. The van der Waals surface area contributed by atoms with E-state index in [-0.39, 0.29) is 36.0 Å². The molecule has 4 rings (SSSR count). The van der Waals surface area contributed by atoms with Gasteiger partial charge in [-0.05, 0) is 55.9 Å². The van der Waals surface area contributed by atoms with Gasteiger partial charge < -0.3 is 16.4 Å². The number of amides is 3. The van der Waals surface area contributed by atoms with Crippen LogP contribution < -0.4 is 16.4 Å². The van der Waals surface area contributed by atoms with Gasteiger partial charge in [-0.1, -0.05) is 13.3 Å². The van der Waals surface area contributed by atoms with E-state index in [4.69, 9.17) is 5.73 Å². The number of hydrogen-bond donors (Lipinski definition) is 3. The number of carbonyl (C=O) groups excluding carboxylic acids is 2. The second-order valence-electron chi connectivity index (χ2n) is 7.82. The average Bonchev–Trinajstić information content (AvgIpc) is 2.94. The highest BCUT2D eigenvalue weighted by atomic mass is 19.1. The number of nitrogen functional groups attached to an aromatic ring is 1. The Morgan fingerprint density at radius 2 is 1.90 bits per heavy atom. The van der Waals surface area contributed by atoms with Crippen molar-refractivity contribution < 1.29 is 14.0 Å². The molecule has 1 aromatic carbocycles. The van der Waals surface area contributed by atoms with Crippen LogP contribution in [0.3, 0.4) is 0 Å². The van der Waals surface area contributed by atoms with Gasteiger partial charge in [0.15, 0.2) is 5.82 Å². The number of urea groups is 1. The van der Waals surface area contributed by atoms with Gasteiger partial charge in [0.2, 0.25) is 11.9 Å². The predicted octanol–water partition coefficient (Wildman–Crippen LogP) is 2.73. The first-order valence-corrected chi connectivity index (χ1v) is 10.1. The van der Waals surface area contributed by atoms with Crippen molar-refractivity contribution >= 4 is 29.5 Å². The summed E-state index contributed by atoms with van der Waals surface area (Å²) < 4.78 is 13.1. The quantitative estimate of drug-likeness (QED) is 0.643. The van der Waals surface area contributed by atoms with Crippen LogP contribution in [0, 0.1) is 11.7 Å². The number of anilines is 3. The Morgan fingerprint density at radius 1 is 1.20 bits per heavy atom. The Morgan fingerprint density at radius 3 is 2.57 bits per heavy atom. The number of nitrogens with two attached hydrogens (primary N) is 1. The van der Waals surface area contributed by atoms with E-state index in [2.05, 4.69) is 32.5 Å². The first kappa shape index (κ1) is 20.0. The van der Waals surface area contributed by atoms with Gasteiger partial charge in [0.1, 0.15) is 11.4 Å². The molecule has 3 amide bonds.